The smallest absolute Gasteiger partial charge is 0.278 e. The molecule has 24 heavy (non-hydrogen) atoms. The largest absolute Gasteiger partial charge is 0.348 e. The first-order valence-corrected chi connectivity index (χ1v) is 8.98. The normalized spacial score (nSPS) is 17.6. The minimum absolute atomic E-state index is 0.00553. The van der Waals surface area contributed by atoms with Gasteiger partial charge in [-0.15, -0.1) is 0 Å². The van der Waals surface area contributed by atoms with Gasteiger partial charge in [-0.25, -0.2) is 0 Å². The van der Waals surface area contributed by atoms with Crippen molar-refractivity contribution >= 4 is 11.8 Å². The first kappa shape index (κ1) is 18.5. The van der Waals surface area contributed by atoms with E-state index in [9.17, 15) is 9.59 Å². The van der Waals surface area contributed by atoms with Gasteiger partial charge < -0.3 is 15.5 Å². The maximum atomic E-state index is 12.6. The number of rotatable bonds is 9. The summed E-state index contributed by atoms with van der Waals surface area (Å²) in [5.41, 5.74) is 1.13. The Kier molecular flexibility index (Phi) is 6.79. The molecule has 1 aromatic carbocycles. The van der Waals surface area contributed by atoms with Crippen molar-refractivity contribution in [3.05, 3.63) is 35.9 Å². The van der Waals surface area contributed by atoms with E-state index in [4.69, 9.17) is 0 Å². The fourth-order valence-electron chi connectivity index (χ4n) is 2.73. The van der Waals surface area contributed by atoms with Gasteiger partial charge in [-0.1, -0.05) is 43.7 Å². The van der Waals surface area contributed by atoms with Gasteiger partial charge in [-0.05, 0) is 31.7 Å². The van der Waals surface area contributed by atoms with Gasteiger partial charge in [0, 0.05) is 6.04 Å². The van der Waals surface area contributed by atoms with Crippen LogP contribution < -0.4 is 15.5 Å². The molecule has 5 nitrogen and oxygen atoms in total. The van der Waals surface area contributed by atoms with Gasteiger partial charge in [-0.3, -0.25) is 9.59 Å². The molecule has 0 radical (unpaired) electrons. The van der Waals surface area contributed by atoms with E-state index in [0.717, 1.165) is 36.1 Å². The number of carbonyl (C=O) groups is 2. The highest BCUT2D eigenvalue weighted by Gasteiger charge is 2.28. The zero-order chi connectivity index (χ0) is 17.5. The van der Waals surface area contributed by atoms with Crippen LogP contribution in [0.1, 0.15) is 51.1 Å². The highest BCUT2D eigenvalue weighted by Crippen LogP contribution is 2.18. The summed E-state index contributed by atoms with van der Waals surface area (Å²) < 4.78 is 0. The molecule has 2 rings (SSSR count). The molecule has 0 bridgehead atoms. The summed E-state index contributed by atoms with van der Waals surface area (Å²) in [6.45, 7) is 4.32. The van der Waals surface area contributed by atoms with Crippen molar-refractivity contribution in [1.82, 2.24) is 10.6 Å². The molecule has 0 saturated heterocycles. The Morgan fingerprint density at radius 3 is 2.50 bits per heavy atom. The van der Waals surface area contributed by atoms with Crippen molar-refractivity contribution in [2.45, 2.75) is 57.7 Å². The number of hydrogen-bond donors (Lipinski definition) is 3. The zero-order valence-electron chi connectivity index (χ0n) is 15.0. The molecule has 3 atom stereocenters. The summed E-state index contributed by atoms with van der Waals surface area (Å²) in [5, 5.41) is 6.12. The molecule has 2 amide bonds. The van der Waals surface area contributed by atoms with Crippen molar-refractivity contribution in [3.8, 4) is 0 Å². The molecule has 0 aliphatic heterocycles. The van der Waals surface area contributed by atoms with Crippen molar-refractivity contribution in [2.75, 3.05) is 13.6 Å². The average Bonchev–Trinajstić information content (AvgIpc) is 3.38. The number of amides is 2. The van der Waals surface area contributed by atoms with Crippen LogP contribution in [0, 0.1) is 0 Å². The molecule has 3 N–H and O–H groups in total. The highest BCUT2D eigenvalue weighted by molar-refractivity contribution is 5.81. The number of carbonyl (C=O) groups excluding carboxylic acids is 2. The third kappa shape index (κ3) is 5.64. The summed E-state index contributed by atoms with van der Waals surface area (Å²) in [6.07, 6.45) is 4.07. The highest BCUT2D eigenvalue weighted by atomic mass is 16.2. The SMILES string of the molecule is CCC[C@H](NC(=O)[C@@H](C)[NH+](C)CC(=O)NC1CC1)c1ccccc1. The van der Waals surface area contributed by atoms with Gasteiger partial charge in [0.2, 0.25) is 0 Å². The molecule has 1 aliphatic carbocycles. The van der Waals surface area contributed by atoms with Crippen molar-refractivity contribution in [2.24, 2.45) is 0 Å². The topological polar surface area (TPSA) is 62.6 Å². The molecule has 1 fully saturated rings. The zero-order valence-corrected chi connectivity index (χ0v) is 15.0. The second kappa shape index (κ2) is 8.83. The molecule has 5 heteroatoms. The number of nitrogens with one attached hydrogen (secondary N) is 3. The van der Waals surface area contributed by atoms with Crippen LogP contribution in [0.15, 0.2) is 30.3 Å². The van der Waals surface area contributed by atoms with Gasteiger partial charge in [0.25, 0.3) is 11.8 Å². The maximum absolute atomic E-state index is 12.6. The van der Waals surface area contributed by atoms with Crippen LogP contribution in [0.3, 0.4) is 0 Å². The van der Waals surface area contributed by atoms with Crippen molar-refractivity contribution in [3.63, 3.8) is 0 Å². The van der Waals surface area contributed by atoms with Gasteiger partial charge in [0.05, 0.1) is 13.1 Å². The van der Waals surface area contributed by atoms with E-state index >= 15 is 0 Å². The van der Waals surface area contributed by atoms with E-state index in [-0.39, 0.29) is 23.9 Å². The van der Waals surface area contributed by atoms with Crippen LogP contribution in [0.2, 0.25) is 0 Å². The monoisotopic (exact) mass is 332 g/mol. The summed E-state index contributed by atoms with van der Waals surface area (Å²) in [5.74, 6) is 0.0249. The second-order valence-corrected chi connectivity index (χ2v) is 6.85. The fourth-order valence-corrected chi connectivity index (χ4v) is 2.73. The van der Waals surface area contributed by atoms with Gasteiger partial charge in [0.15, 0.2) is 12.6 Å². The predicted octanol–water partition coefficient (Wildman–Crippen LogP) is 0.826. The van der Waals surface area contributed by atoms with Crippen LogP contribution in [0.4, 0.5) is 0 Å². The van der Waals surface area contributed by atoms with E-state index in [2.05, 4.69) is 17.6 Å². The lowest BCUT2D eigenvalue weighted by atomic mass is 10.0. The third-order valence-electron chi connectivity index (χ3n) is 4.61. The molecule has 1 aliphatic rings. The second-order valence-electron chi connectivity index (χ2n) is 6.85. The number of hydrogen-bond acceptors (Lipinski definition) is 2. The van der Waals surface area contributed by atoms with E-state index in [1.54, 1.807) is 0 Å². The molecule has 0 heterocycles. The Bertz CT molecular complexity index is 543. The fraction of sp³-hybridized carbons (Fsp3) is 0.579. The standard InChI is InChI=1S/C19H29N3O2/c1-4-8-17(15-9-6-5-7-10-15)21-19(24)14(2)22(3)13-18(23)20-16-11-12-16/h5-7,9-10,14,16-17H,4,8,11-13H2,1-3H3,(H,20,23)(H,21,24)/p+1/t14-,17+/m1/s1. The van der Waals surface area contributed by atoms with Gasteiger partial charge >= 0.3 is 0 Å². The Labute approximate surface area is 144 Å². The Hall–Kier alpha value is -1.88. The summed E-state index contributed by atoms with van der Waals surface area (Å²) in [7, 11) is 1.90. The minimum atomic E-state index is -0.266. The molecular weight excluding hydrogens is 302 g/mol. The van der Waals surface area contributed by atoms with E-state index < -0.39 is 0 Å². The lowest BCUT2D eigenvalue weighted by Crippen LogP contribution is -3.15. The molecule has 132 valence electrons. The first-order valence-electron chi connectivity index (χ1n) is 8.98. The van der Waals surface area contributed by atoms with Crippen LogP contribution in [0.25, 0.3) is 0 Å². The molecule has 1 unspecified atom stereocenters. The quantitative estimate of drug-likeness (QED) is 0.627. The average molecular weight is 332 g/mol. The van der Waals surface area contributed by atoms with Gasteiger partial charge in [0.1, 0.15) is 0 Å². The Morgan fingerprint density at radius 2 is 1.92 bits per heavy atom. The summed E-state index contributed by atoms with van der Waals surface area (Å²) in [4.78, 5) is 25.4. The number of quaternary nitrogens is 1. The van der Waals surface area contributed by atoms with E-state index in [1.807, 2.05) is 44.3 Å². The molecule has 1 saturated carbocycles. The molecule has 1 aromatic rings. The molecular formula is C19H30N3O2+. The number of likely N-dealkylation sites (N-methyl/N-ethyl adjacent to an activating group) is 1. The van der Waals surface area contributed by atoms with E-state index in [0.29, 0.717) is 12.6 Å². The first-order chi connectivity index (χ1) is 11.5. The lowest BCUT2D eigenvalue weighted by molar-refractivity contribution is -0.886. The lowest BCUT2D eigenvalue weighted by Gasteiger charge is -2.24. The summed E-state index contributed by atoms with van der Waals surface area (Å²) >= 11 is 0. The minimum Gasteiger partial charge on any atom is -0.348 e. The predicted molar refractivity (Wildman–Crippen MR) is 94.6 cm³/mol. The Balaban J connectivity index is 1.88. The van der Waals surface area contributed by atoms with Crippen LogP contribution in [-0.2, 0) is 9.59 Å². The third-order valence-corrected chi connectivity index (χ3v) is 4.61. The maximum Gasteiger partial charge on any atom is 0.278 e. The van der Waals surface area contributed by atoms with Crippen molar-refractivity contribution < 1.29 is 14.5 Å². The van der Waals surface area contributed by atoms with Crippen LogP contribution in [-0.4, -0.2) is 37.5 Å². The van der Waals surface area contributed by atoms with Crippen molar-refractivity contribution in [1.29, 1.82) is 0 Å². The van der Waals surface area contributed by atoms with Gasteiger partial charge in [-0.2, -0.15) is 0 Å². The summed E-state index contributed by atoms with van der Waals surface area (Å²) in [6, 6.07) is 10.2. The Morgan fingerprint density at radius 1 is 1.25 bits per heavy atom. The van der Waals surface area contributed by atoms with E-state index in [1.165, 1.54) is 0 Å². The van der Waals surface area contributed by atoms with Crippen LogP contribution >= 0.6 is 0 Å². The molecule has 0 spiro atoms. The molecule has 0 aromatic heterocycles. The van der Waals surface area contributed by atoms with Crippen LogP contribution in [0.5, 0.6) is 0 Å². The number of benzene rings is 1.